The fourth-order valence-corrected chi connectivity index (χ4v) is 3.53. The smallest absolute Gasteiger partial charge is 0.132 e. The van der Waals surface area contributed by atoms with E-state index in [4.69, 9.17) is 15.9 Å². The van der Waals surface area contributed by atoms with E-state index in [1.54, 1.807) is 24.7 Å². The predicted molar refractivity (Wildman–Crippen MR) is 121 cm³/mol. The largest absolute Gasteiger partial charge is 0.491 e. The van der Waals surface area contributed by atoms with Crippen LogP contribution in [-0.4, -0.2) is 57.9 Å². The zero-order valence-corrected chi connectivity index (χ0v) is 17.7. The van der Waals surface area contributed by atoms with Crippen molar-refractivity contribution in [2.45, 2.75) is 20.0 Å². The number of anilines is 3. The van der Waals surface area contributed by atoms with Gasteiger partial charge in [0.25, 0.3) is 0 Å². The average molecular weight is 419 g/mol. The highest BCUT2D eigenvalue weighted by Crippen LogP contribution is 2.24. The molecule has 1 saturated heterocycles. The van der Waals surface area contributed by atoms with Crippen molar-refractivity contribution in [3.05, 3.63) is 60.4 Å². The van der Waals surface area contributed by atoms with Crippen molar-refractivity contribution in [2.75, 3.05) is 41.7 Å². The molecule has 3 N–H and O–H groups in total. The van der Waals surface area contributed by atoms with E-state index >= 15 is 0 Å². The molecule has 1 fully saturated rings. The Morgan fingerprint density at radius 2 is 1.68 bits per heavy atom. The monoisotopic (exact) mass is 418 g/mol. The first kappa shape index (κ1) is 20.5. The summed E-state index contributed by atoms with van der Waals surface area (Å²) in [6, 6.07) is 9.13. The van der Waals surface area contributed by atoms with Crippen LogP contribution in [0.1, 0.15) is 25.1 Å². The molecule has 4 rings (SSSR count). The van der Waals surface area contributed by atoms with Gasteiger partial charge in [-0.2, -0.15) is 0 Å². The van der Waals surface area contributed by atoms with Crippen LogP contribution in [0.15, 0.2) is 49.2 Å². The number of rotatable bonds is 6. The molecular formula is C22H26N8O. The third-order valence-electron chi connectivity index (χ3n) is 5.07. The number of nitrogens with two attached hydrogens (primary N) is 1. The van der Waals surface area contributed by atoms with Crippen LogP contribution in [0, 0.1) is 5.41 Å². The third-order valence-corrected chi connectivity index (χ3v) is 5.07. The first-order chi connectivity index (χ1) is 15.0. The summed E-state index contributed by atoms with van der Waals surface area (Å²) >= 11 is 0. The number of hydrogen-bond acceptors (Lipinski definition) is 9. The maximum atomic E-state index is 8.68. The average Bonchev–Trinajstić information content (AvgIpc) is 2.80. The maximum absolute atomic E-state index is 8.68. The second-order valence-corrected chi connectivity index (χ2v) is 7.59. The molecule has 0 saturated carbocycles. The standard InChI is InChI=1S/C22H26N8O/c1-15(2)31-16-3-4-18(23)17(11-16)22(24)19-12-21(28-14-26-19)30-9-7-29(8-10-30)20-5-6-25-13-27-20/h3-6,11-15,24H,7-10,23H2,1-2H3. The van der Waals surface area contributed by atoms with Crippen LogP contribution in [0.4, 0.5) is 17.3 Å². The molecule has 0 aliphatic carbocycles. The highest BCUT2D eigenvalue weighted by atomic mass is 16.5. The van der Waals surface area contributed by atoms with E-state index in [2.05, 4.69) is 29.7 Å². The minimum Gasteiger partial charge on any atom is -0.491 e. The summed E-state index contributed by atoms with van der Waals surface area (Å²) in [6.45, 7) is 7.18. The number of nitrogens with zero attached hydrogens (tertiary/aromatic N) is 6. The normalized spacial score (nSPS) is 14.0. The molecule has 1 aliphatic rings. The van der Waals surface area contributed by atoms with E-state index in [1.807, 2.05) is 32.0 Å². The number of benzene rings is 1. The van der Waals surface area contributed by atoms with Crippen molar-refractivity contribution in [1.82, 2.24) is 19.9 Å². The van der Waals surface area contributed by atoms with Crippen LogP contribution in [0.5, 0.6) is 5.75 Å². The van der Waals surface area contributed by atoms with Crippen molar-refractivity contribution < 1.29 is 4.74 Å². The number of ether oxygens (including phenoxy) is 1. The molecular weight excluding hydrogens is 392 g/mol. The van der Waals surface area contributed by atoms with Crippen molar-refractivity contribution >= 4 is 23.0 Å². The lowest BCUT2D eigenvalue weighted by atomic mass is 10.0. The summed E-state index contributed by atoms with van der Waals surface area (Å²) in [6.07, 6.45) is 4.86. The van der Waals surface area contributed by atoms with Gasteiger partial charge in [0.1, 0.15) is 30.0 Å². The van der Waals surface area contributed by atoms with Gasteiger partial charge in [0.2, 0.25) is 0 Å². The van der Waals surface area contributed by atoms with Gasteiger partial charge in [-0.15, -0.1) is 0 Å². The molecule has 0 atom stereocenters. The molecule has 9 nitrogen and oxygen atoms in total. The molecule has 0 spiro atoms. The predicted octanol–water partition coefficient (Wildman–Crippen LogP) is 2.38. The maximum Gasteiger partial charge on any atom is 0.132 e. The fraction of sp³-hybridized carbons (Fsp3) is 0.318. The van der Waals surface area contributed by atoms with Gasteiger partial charge in [-0.1, -0.05) is 0 Å². The summed E-state index contributed by atoms with van der Waals surface area (Å²) < 4.78 is 5.75. The Morgan fingerprint density at radius 3 is 2.35 bits per heavy atom. The zero-order valence-electron chi connectivity index (χ0n) is 17.7. The number of hydrogen-bond donors (Lipinski definition) is 2. The number of aromatic nitrogens is 4. The molecule has 0 unspecified atom stereocenters. The van der Waals surface area contributed by atoms with E-state index in [-0.39, 0.29) is 11.8 Å². The number of nitrogen functional groups attached to an aromatic ring is 1. The lowest BCUT2D eigenvalue weighted by Crippen LogP contribution is -2.47. The van der Waals surface area contributed by atoms with Crippen LogP contribution in [0.2, 0.25) is 0 Å². The summed E-state index contributed by atoms with van der Waals surface area (Å²) in [7, 11) is 0. The minimum atomic E-state index is 0.0392. The summed E-state index contributed by atoms with van der Waals surface area (Å²) in [5, 5.41) is 8.68. The van der Waals surface area contributed by atoms with Gasteiger partial charge < -0.3 is 20.3 Å². The van der Waals surface area contributed by atoms with E-state index in [9.17, 15) is 0 Å². The SMILES string of the molecule is CC(C)Oc1ccc(N)c(C(=N)c2cc(N3CCN(c4ccncn4)CC3)ncn2)c1. The van der Waals surface area contributed by atoms with Gasteiger partial charge in [0.05, 0.1) is 17.5 Å². The zero-order chi connectivity index (χ0) is 21.8. The molecule has 0 radical (unpaired) electrons. The Hall–Kier alpha value is -3.75. The van der Waals surface area contributed by atoms with E-state index in [1.165, 1.54) is 6.33 Å². The lowest BCUT2D eigenvalue weighted by Gasteiger charge is -2.36. The summed E-state index contributed by atoms with van der Waals surface area (Å²) in [5.74, 6) is 2.41. The van der Waals surface area contributed by atoms with Crippen molar-refractivity contribution in [3.8, 4) is 5.75 Å². The molecule has 160 valence electrons. The molecule has 1 aliphatic heterocycles. The second-order valence-electron chi connectivity index (χ2n) is 7.59. The van der Waals surface area contributed by atoms with Gasteiger partial charge in [0.15, 0.2) is 0 Å². The van der Waals surface area contributed by atoms with Gasteiger partial charge in [-0.05, 0) is 38.1 Å². The highest BCUT2D eigenvalue weighted by molar-refractivity contribution is 6.13. The first-order valence-electron chi connectivity index (χ1n) is 10.2. The Labute approximate surface area is 181 Å². The van der Waals surface area contributed by atoms with Gasteiger partial charge in [0, 0.05) is 49.7 Å². The van der Waals surface area contributed by atoms with Gasteiger partial charge in [-0.25, -0.2) is 19.9 Å². The fourth-order valence-electron chi connectivity index (χ4n) is 3.53. The van der Waals surface area contributed by atoms with Crippen LogP contribution >= 0.6 is 0 Å². The molecule has 3 heterocycles. The highest BCUT2D eigenvalue weighted by Gasteiger charge is 2.20. The van der Waals surface area contributed by atoms with Crippen molar-refractivity contribution in [1.29, 1.82) is 5.41 Å². The van der Waals surface area contributed by atoms with Gasteiger partial charge >= 0.3 is 0 Å². The lowest BCUT2D eigenvalue weighted by molar-refractivity contribution is 0.242. The van der Waals surface area contributed by atoms with Crippen molar-refractivity contribution in [3.63, 3.8) is 0 Å². The van der Waals surface area contributed by atoms with Crippen LogP contribution in [0.3, 0.4) is 0 Å². The number of piperazine rings is 1. The molecule has 0 bridgehead atoms. The Bertz CT molecular complexity index is 1050. The molecule has 9 heteroatoms. The van der Waals surface area contributed by atoms with Crippen LogP contribution < -0.4 is 20.3 Å². The third kappa shape index (κ3) is 4.71. The Kier molecular flexibility index (Phi) is 5.92. The molecule has 1 aromatic carbocycles. The Balaban J connectivity index is 1.49. The van der Waals surface area contributed by atoms with Crippen molar-refractivity contribution in [2.24, 2.45) is 0 Å². The molecule has 3 aromatic rings. The van der Waals surface area contributed by atoms with Crippen LogP contribution in [0.25, 0.3) is 0 Å². The number of nitrogens with one attached hydrogen (secondary N) is 1. The van der Waals surface area contributed by atoms with Crippen LogP contribution in [-0.2, 0) is 0 Å². The van der Waals surface area contributed by atoms with E-state index < -0.39 is 0 Å². The van der Waals surface area contributed by atoms with E-state index in [0.29, 0.717) is 22.7 Å². The first-order valence-corrected chi connectivity index (χ1v) is 10.2. The second kappa shape index (κ2) is 8.95. The van der Waals surface area contributed by atoms with Gasteiger partial charge in [-0.3, -0.25) is 5.41 Å². The Morgan fingerprint density at radius 1 is 0.968 bits per heavy atom. The minimum absolute atomic E-state index is 0.0392. The molecule has 31 heavy (non-hydrogen) atoms. The quantitative estimate of drug-likeness (QED) is 0.463. The topological polar surface area (TPSA) is 117 Å². The summed E-state index contributed by atoms with van der Waals surface area (Å²) in [5.41, 5.74) is 8.02. The summed E-state index contributed by atoms with van der Waals surface area (Å²) in [4.78, 5) is 21.5. The molecule has 0 amide bonds. The molecule has 2 aromatic heterocycles. The van der Waals surface area contributed by atoms with E-state index in [0.717, 1.165) is 37.8 Å².